The van der Waals surface area contributed by atoms with E-state index >= 15 is 0 Å². The normalized spacial score (nSPS) is 30.5. The second-order valence-corrected chi connectivity index (χ2v) is 5.13. The molecule has 2 saturated heterocycles. The molecule has 1 unspecified atom stereocenters. The number of likely N-dealkylation sites (tertiary alicyclic amines) is 2. The molecule has 17 heavy (non-hydrogen) atoms. The quantitative estimate of drug-likeness (QED) is 0.759. The number of hydrogen-bond acceptors (Lipinski definition) is 3. The van der Waals surface area contributed by atoms with Crippen molar-refractivity contribution in [3.05, 3.63) is 0 Å². The van der Waals surface area contributed by atoms with Gasteiger partial charge in [0.15, 0.2) is 0 Å². The molecule has 0 aromatic carbocycles. The van der Waals surface area contributed by atoms with Crippen LogP contribution in [-0.2, 0) is 9.59 Å². The Bertz CT molecular complexity index is 319. The van der Waals surface area contributed by atoms with Crippen LogP contribution in [0.3, 0.4) is 0 Å². The third-order valence-corrected chi connectivity index (χ3v) is 3.79. The van der Waals surface area contributed by atoms with Crippen LogP contribution in [0.25, 0.3) is 0 Å². The summed E-state index contributed by atoms with van der Waals surface area (Å²) in [5, 5.41) is 9.08. The van der Waals surface area contributed by atoms with E-state index in [1.54, 1.807) is 4.90 Å². The molecule has 0 aromatic heterocycles. The summed E-state index contributed by atoms with van der Waals surface area (Å²) in [7, 11) is 2.01. The fourth-order valence-corrected chi connectivity index (χ4v) is 2.89. The molecule has 2 aliphatic heterocycles. The van der Waals surface area contributed by atoms with Gasteiger partial charge < -0.3 is 14.9 Å². The first-order valence-electron chi connectivity index (χ1n) is 6.31. The summed E-state index contributed by atoms with van der Waals surface area (Å²) < 4.78 is 0. The van der Waals surface area contributed by atoms with Crippen molar-refractivity contribution in [2.45, 2.75) is 31.7 Å². The summed E-state index contributed by atoms with van der Waals surface area (Å²) >= 11 is 0. The van der Waals surface area contributed by atoms with Crippen LogP contribution >= 0.6 is 0 Å². The van der Waals surface area contributed by atoms with E-state index in [1.807, 2.05) is 7.05 Å². The van der Waals surface area contributed by atoms with Gasteiger partial charge in [-0.1, -0.05) is 0 Å². The summed E-state index contributed by atoms with van der Waals surface area (Å²) in [4.78, 5) is 27.1. The maximum atomic E-state index is 12.3. The number of carbonyl (C=O) groups is 2. The summed E-state index contributed by atoms with van der Waals surface area (Å²) in [6.45, 7) is 2.41. The van der Waals surface area contributed by atoms with Crippen molar-refractivity contribution in [3.63, 3.8) is 0 Å². The van der Waals surface area contributed by atoms with Gasteiger partial charge in [0.2, 0.25) is 5.91 Å². The summed E-state index contributed by atoms with van der Waals surface area (Å²) in [6.07, 6.45) is 3.33. The molecule has 1 N–H and O–H groups in total. The minimum Gasteiger partial charge on any atom is -0.480 e. The predicted molar refractivity (Wildman–Crippen MR) is 62.6 cm³/mol. The molecule has 5 nitrogen and oxygen atoms in total. The summed E-state index contributed by atoms with van der Waals surface area (Å²) in [5.74, 6) is -0.824. The number of carbonyl (C=O) groups excluding carboxylic acids is 1. The zero-order chi connectivity index (χ0) is 12.4. The monoisotopic (exact) mass is 240 g/mol. The van der Waals surface area contributed by atoms with Crippen molar-refractivity contribution in [1.29, 1.82) is 0 Å². The SMILES string of the molecule is CN1CCCC(C(=O)N2CCC[C@@H]2C(=O)O)C1. The first-order valence-corrected chi connectivity index (χ1v) is 6.31. The van der Waals surface area contributed by atoms with Crippen LogP contribution in [0.1, 0.15) is 25.7 Å². The third kappa shape index (κ3) is 2.60. The number of rotatable bonds is 2. The number of carboxylic acid groups (broad SMARTS) is 1. The summed E-state index contributed by atoms with van der Waals surface area (Å²) in [6, 6.07) is -0.588. The Hall–Kier alpha value is -1.10. The van der Waals surface area contributed by atoms with Gasteiger partial charge in [0, 0.05) is 13.1 Å². The van der Waals surface area contributed by atoms with Crippen LogP contribution in [0, 0.1) is 5.92 Å². The smallest absolute Gasteiger partial charge is 0.326 e. The van der Waals surface area contributed by atoms with Crippen LogP contribution in [0.4, 0.5) is 0 Å². The zero-order valence-electron chi connectivity index (χ0n) is 10.3. The number of hydrogen-bond donors (Lipinski definition) is 1. The van der Waals surface area contributed by atoms with E-state index in [9.17, 15) is 9.59 Å². The molecular weight excluding hydrogens is 220 g/mol. The van der Waals surface area contributed by atoms with E-state index in [1.165, 1.54) is 0 Å². The second kappa shape index (κ2) is 5.04. The Morgan fingerprint density at radius 1 is 1.18 bits per heavy atom. The predicted octanol–water partition coefficient (Wildman–Crippen LogP) is 0.404. The molecule has 0 bridgehead atoms. The van der Waals surface area contributed by atoms with E-state index in [2.05, 4.69) is 4.90 Å². The molecule has 2 fully saturated rings. The highest BCUT2D eigenvalue weighted by Crippen LogP contribution is 2.24. The highest BCUT2D eigenvalue weighted by atomic mass is 16.4. The van der Waals surface area contributed by atoms with Crippen LogP contribution in [-0.4, -0.2) is 59.5 Å². The highest BCUT2D eigenvalue weighted by molar-refractivity contribution is 5.85. The molecule has 2 heterocycles. The fourth-order valence-electron chi connectivity index (χ4n) is 2.89. The molecule has 2 rings (SSSR count). The average Bonchev–Trinajstić information content (AvgIpc) is 2.77. The van der Waals surface area contributed by atoms with E-state index in [0.717, 1.165) is 32.4 Å². The molecule has 0 saturated carbocycles. The van der Waals surface area contributed by atoms with Gasteiger partial charge in [-0.3, -0.25) is 4.79 Å². The number of nitrogens with zero attached hydrogens (tertiary/aromatic N) is 2. The van der Waals surface area contributed by atoms with E-state index in [4.69, 9.17) is 5.11 Å². The van der Waals surface area contributed by atoms with Gasteiger partial charge in [0.05, 0.1) is 5.92 Å². The number of carboxylic acids is 1. The molecule has 96 valence electrons. The van der Waals surface area contributed by atoms with Gasteiger partial charge in [-0.15, -0.1) is 0 Å². The van der Waals surface area contributed by atoms with E-state index < -0.39 is 12.0 Å². The second-order valence-electron chi connectivity index (χ2n) is 5.13. The minimum absolute atomic E-state index is 0.00583. The van der Waals surface area contributed by atoms with Crippen molar-refractivity contribution in [2.24, 2.45) is 5.92 Å². The van der Waals surface area contributed by atoms with Crippen LogP contribution in [0.5, 0.6) is 0 Å². The molecule has 2 aliphatic rings. The van der Waals surface area contributed by atoms with E-state index in [0.29, 0.717) is 13.0 Å². The van der Waals surface area contributed by atoms with Gasteiger partial charge in [-0.2, -0.15) is 0 Å². The summed E-state index contributed by atoms with van der Waals surface area (Å²) in [5.41, 5.74) is 0. The van der Waals surface area contributed by atoms with Gasteiger partial charge in [-0.25, -0.2) is 4.79 Å². The lowest BCUT2D eigenvalue weighted by molar-refractivity contribution is -0.150. The Morgan fingerprint density at radius 3 is 2.53 bits per heavy atom. The van der Waals surface area contributed by atoms with E-state index in [-0.39, 0.29) is 11.8 Å². The number of aliphatic carboxylic acids is 1. The first kappa shape index (κ1) is 12.4. The minimum atomic E-state index is -0.861. The first-order chi connectivity index (χ1) is 8.09. The lowest BCUT2D eigenvalue weighted by atomic mass is 9.96. The van der Waals surface area contributed by atoms with Crippen molar-refractivity contribution in [2.75, 3.05) is 26.7 Å². The molecule has 5 heteroatoms. The van der Waals surface area contributed by atoms with Gasteiger partial charge in [0.1, 0.15) is 6.04 Å². The molecule has 0 radical (unpaired) electrons. The molecule has 0 aliphatic carbocycles. The zero-order valence-corrected chi connectivity index (χ0v) is 10.3. The van der Waals surface area contributed by atoms with Crippen LogP contribution in [0.2, 0.25) is 0 Å². The van der Waals surface area contributed by atoms with Crippen molar-refractivity contribution < 1.29 is 14.7 Å². The molecule has 2 atom stereocenters. The van der Waals surface area contributed by atoms with Crippen molar-refractivity contribution in [3.8, 4) is 0 Å². The average molecular weight is 240 g/mol. The van der Waals surface area contributed by atoms with Crippen LogP contribution in [0.15, 0.2) is 0 Å². The Kier molecular flexibility index (Phi) is 3.66. The maximum Gasteiger partial charge on any atom is 0.326 e. The maximum absolute atomic E-state index is 12.3. The number of amides is 1. The molecule has 1 amide bonds. The van der Waals surface area contributed by atoms with Gasteiger partial charge in [0.25, 0.3) is 0 Å². The third-order valence-electron chi connectivity index (χ3n) is 3.79. The topological polar surface area (TPSA) is 60.9 Å². The standard InChI is InChI=1S/C12H20N2O3/c1-13-6-2-4-9(8-13)11(15)14-7-3-5-10(14)12(16)17/h9-10H,2-8H2,1H3,(H,16,17)/t9?,10-/m1/s1. The van der Waals surface area contributed by atoms with Crippen LogP contribution < -0.4 is 0 Å². The van der Waals surface area contributed by atoms with Gasteiger partial charge in [-0.05, 0) is 39.3 Å². The molecular formula is C12H20N2O3. The molecule has 0 aromatic rings. The number of piperidine rings is 1. The van der Waals surface area contributed by atoms with Gasteiger partial charge >= 0.3 is 5.97 Å². The highest BCUT2D eigenvalue weighted by Gasteiger charge is 2.37. The largest absolute Gasteiger partial charge is 0.480 e. The lowest BCUT2D eigenvalue weighted by Gasteiger charge is -2.32. The Balaban J connectivity index is 2.01. The van der Waals surface area contributed by atoms with Crippen molar-refractivity contribution >= 4 is 11.9 Å². The Labute approximate surface area is 101 Å². The molecule has 0 spiro atoms. The lowest BCUT2D eigenvalue weighted by Crippen LogP contribution is -2.47. The Morgan fingerprint density at radius 2 is 1.88 bits per heavy atom. The fraction of sp³-hybridized carbons (Fsp3) is 0.833. The van der Waals surface area contributed by atoms with Crippen molar-refractivity contribution in [1.82, 2.24) is 9.80 Å².